The number of aromatic nitrogens is 3. The fraction of sp³-hybridized carbons (Fsp3) is 0.242. The van der Waals surface area contributed by atoms with Gasteiger partial charge < -0.3 is 24.5 Å². The minimum atomic E-state index is -3.02. The first-order valence-corrected chi connectivity index (χ1v) is 14.2. The van der Waals surface area contributed by atoms with Gasteiger partial charge in [-0.2, -0.15) is 8.78 Å². The first-order valence-electron chi connectivity index (χ1n) is 14.2. The molecular weight excluding hydrogens is 611 g/mol. The Hall–Kier alpha value is -4.88. The number of carboxylic acids is 1. The highest BCUT2D eigenvalue weighted by Crippen LogP contribution is 2.28. The fourth-order valence-corrected chi connectivity index (χ4v) is 4.93. The molecule has 2 heterocycles. The number of hydrogen-bond acceptors (Lipinski definition) is 6. The summed E-state index contributed by atoms with van der Waals surface area (Å²) in [5, 5.41) is 12.4. The average molecular weight is 641 g/mol. The predicted octanol–water partition coefficient (Wildman–Crippen LogP) is 6.90. The molecule has 0 aliphatic heterocycles. The molecule has 8 nitrogen and oxygen atoms in total. The Morgan fingerprint density at radius 1 is 0.957 bits per heavy atom. The van der Waals surface area contributed by atoms with Gasteiger partial charge in [0.25, 0.3) is 0 Å². The molecule has 0 saturated carbocycles. The van der Waals surface area contributed by atoms with Crippen molar-refractivity contribution in [1.82, 2.24) is 19.9 Å². The summed E-state index contributed by atoms with van der Waals surface area (Å²) in [6.45, 7) is -1.82. The van der Waals surface area contributed by atoms with E-state index in [1.54, 1.807) is 25.2 Å². The summed E-state index contributed by atoms with van der Waals surface area (Å²) in [6.07, 6.45) is -0.233. The van der Waals surface area contributed by atoms with Gasteiger partial charge in [0, 0.05) is 36.2 Å². The van der Waals surface area contributed by atoms with E-state index in [1.807, 2.05) is 6.92 Å². The number of carboxylic acid groups (broad SMARTS) is 1. The van der Waals surface area contributed by atoms with Crippen LogP contribution in [0.1, 0.15) is 45.8 Å². The van der Waals surface area contributed by atoms with Crippen LogP contribution in [0.2, 0.25) is 0 Å². The van der Waals surface area contributed by atoms with Gasteiger partial charge in [-0.1, -0.05) is 18.2 Å². The number of rotatable bonds is 13. The van der Waals surface area contributed by atoms with E-state index in [1.165, 1.54) is 41.0 Å². The molecule has 0 fully saturated rings. The normalized spacial score (nSPS) is 12.2. The van der Waals surface area contributed by atoms with Crippen molar-refractivity contribution in [3.8, 4) is 17.1 Å². The van der Waals surface area contributed by atoms with Crippen molar-refractivity contribution in [2.45, 2.75) is 39.1 Å². The topological polar surface area (TPSA) is 98.5 Å². The molecule has 0 amide bonds. The molecular formula is C33H29F5N4O4. The first kappa shape index (κ1) is 32.5. The zero-order valence-electron chi connectivity index (χ0n) is 24.7. The molecule has 0 bridgehead atoms. The molecule has 3 aromatic carbocycles. The number of carbonyl (C=O) groups is 1. The first-order chi connectivity index (χ1) is 22.0. The molecule has 2 aromatic heterocycles. The van der Waals surface area contributed by atoms with Gasteiger partial charge in [-0.05, 0) is 67.6 Å². The molecule has 0 saturated heterocycles. The Kier molecular flexibility index (Phi) is 9.93. The van der Waals surface area contributed by atoms with E-state index in [4.69, 9.17) is 4.74 Å². The fourth-order valence-electron chi connectivity index (χ4n) is 4.93. The summed E-state index contributed by atoms with van der Waals surface area (Å²) in [7, 11) is 1.77. The summed E-state index contributed by atoms with van der Waals surface area (Å²) in [6, 6.07) is 15.4. The van der Waals surface area contributed by atoms with Crippen molar-refractivity contribution in [1.29, 1.82) is 0 Å². The van der Waals surface area contributed by atoms with E-state index in [0.717, 1.165) is 17.7 Å². The van der Waals surface area contributed by atoms with Gasteiger partial charge in [0.05, 0.1) is 28.9 Å². The number of aromatic carboxylic acids is 1. The third-order valence-electron chi connectivity index (χ3n) is 7.50. The van der Waals surface area contributed by atoms with Gasteiger partial charge in [-0.15, -0.1) is 0 Å². The van der Waals surface area contributed by atoms with Crippen molar-refractivity contribution in [3.05, 3.63) is 112 Å². The molecule has 13 heteroatoms. The lowest BCUT2D eigenvalue weighted by atomic mass is 10.0. The quantitative estimate of drug-likeness (QED) is 0.135. The SMILES string of the molecule is CNC(C)c1ccc(COc2cccc(-c3cc(F)c(Cc4nc5ccc(C(=O)O)cc5n4CCOC(F)F)cc3F)n2)c(F)c1. The Morgan fingerprint density at radius 3 is 2.46 bits per heavy atom. The molecule has 1 atom stereocenters. The van der Waals surface area contributed by atoms with E-state index in [2.05, 4.69) is 20.0 Å². The molecule has 5 rings (SSSR count). The third kappa shape index (κ3) is 7.32. The smallest absolute Gasteiger partial charge is 0.345 e. The van der Waals surface area contributed by atoms with E-state index >= 15 is 8.78 Å². The van der Waals surface area contributed by atoms with Gasteiger partial charge in [0.2, 0.25) is 5.88 Å². The highest BCUT2D eigenvalue weighted by atomic mass is 19.3. The molecule has 0 spiro atoms. The Bertz CT molecular complexity index is 1880. The molecule has 2 N–H and O–H groups in total. The van der Waals surface area contributed by atoms with Gasteiger partial charge in [0.1, 0.15) is 29.9 Å². The number of pyridine rings is 1. The minimum Gasteiger partial charge on any atom is -0.478 e. The number of nitrogens with zero attached hydrogens (tertiary/aromatic N) is 3. The summed E-state index contributed by atoms with van der Waals surface area (Å²) in [4.78, 5) is 20.2. The van der Waals surface area contributed by atoms with Crippen LogP contribution in [0.4, 0.5) is 22.0 Å². The van der Waals surface area contributed by atoms with E-state index in [9.17, 15) is 23.1 Å². The standard InChI is InChI=1S/C33H29F5N4O4/c1-18(39-2)19-6-7-21(24(34)12-19)17-46-31-5-3-4-27(41-31)23-16-25(35)22(13-26(23)36)15-30-40-28-9-8-20(32(43)44)14-29(28)42(30)10-11-45-33(37)38/h3-9,12-14,16,18,33,39H,10-11,15,17H2,1-2H3,(H,43,44). The largest absolute Gasteiger partial charge is 0.478 e. The number of fused-ring (bicyclic) bond motifs is 1. The van der Waals surface area contributed by atoms with Crippen LogP contribution in [0.3, 0.4) is 0 Å². The second-order valence-electron chi connectivity index (χ2n) is 10.4. The van der Waals surface area contributed by atoms with E-state index in [0.29, 0.717) is 16.6 Å². The molecule has 5 aromatic rings. The number of alkyl halides is 2. The van der Waals surface area contributed by atoms with E-state index < -0.39 is 36.6 Å². The van der Waals surface area contributed by atoms with Crippen molar-refractivity contribution in [2.75, 3.05) is 13.7 Å². The lowest BCUT2D eigenvalue weighted by Gasteiger charge is -2.13. The van der Waals surface area contributed by atoms with Crippen LogP contribution in [0, 0.1) is 17.5 Å². The van der Waals surface area contributed by atoms with Gasteiger partial charge in [-0.3, -0.25) is 0 Å². The van der Waals surface area contributed by atoms with Crippen LogP contribution >= 0.6 is 0 Å². The Labute approximate surface area is 260 Å². The summed E-state index contributed by atoms with van der Waals surface area (Å²) in [5.74, 6) is -2.96. The third-order valence-corrected chi connectivity index (χ3v) is 7.50. The van der Waals surface area contributed by atoms with E-state index in [-0.39, 0.29) is 59.7 Å². The highest BCUT2D eigenvalue weighted by Gasteiger charge is 2.19. The van der Waals surface area contributed by atoms with Crippen LogP contribution in [-0.2, 0) is 24.3 Å². The summed E-state index contributed by atoms with van der Waals surface area (Å²) >= 11 is 0. The Morgan fingerprint density at radius 2 is 1.74 bits per heavy atom. The summed E-state index contributed by atoms with van der Waals surface area (Å²) in [5.41, 5.74) is 1.53. The van der Waals surface area contributed by atoms with Crippen molar-refractivity contribution in [3.63, 3.8) is 0 Å². The maximum Gasteiger partial charge on any atom is 0.345 e. The zero-order valence-corrected chi connectivity index (χ0v) is 24.7. The maximum atomic E-state index is 15.4. The monoisotopic (exact) mass is 640 g/mol. The summed E-state index contributed by atoms with van der Waals surface area (Å²) < 4.78 is 82.2. The van der Waals surface area contributed by atoms with Crippen LogP contribution in [0.15, 0.2) is 66.7 Å². The predicted molar refractivity (Wildman–Crippen MR) is 159 cm³/mol. The van der Waals surface area contributed by atoms with Crippen molar-refractivity contribution >= 4 is 17.0 Å². The molecule has 0 aliphatic rings. The molecule has 0 aliphatic carbocycles. The number of imidazole rings is 1. The average Bonchev–Trinajstić information content (AvgIpc) is 3.37. The lowest BCUT2D eigenvalue weighted by Crippen LogP contribution is -2.13. The van der Waals surface area contributed by atoms with Crippen LogP contribution in [-0.4, -0.2) is 45.9 Å². The number of nitrogens with one attached hydrogen (secondary N) is 1. The second-order valence-corrected chi connectivity index (χ2v) is 10.4. The van der Waals surface area contributed by atoms with Crippen molar-refractivity contribution in [2.24, 2.45) is 0 Å². The minimum absolute atomic E-state index is 0.0366. The second kappa shape index (κ2) is 14.0. The van der Waals surface area contributed by atoms with Crippen LogP contribution in [0.25, 0.3) is 22.3 Å². The zero-order chi connectivity index (χ0) is 33.0. The van der Waals surface area contributed by atoms with Gasteiger partial charge in [-0.25, -0.2) is 27.9 Å². The van der Waals surface area contributed by atoms with Crippen LogP contribution < -0.4 is 10.1 Å². The Balaban J connectivity index is 1.38. The molecule has 46 heavy (non-hydrogen) atoms. The van der Waals surface area contributed by atoms with Crippen LogP contribution in [0.5, 0.6) is 5.88 Å². The number of hydrogen-bond donors (Lipinski definition) is 2. The number of benzene rings is 3. The molecule has 240 valence electrons. The maximum absolute atomic E-state index is 15.4. The lowest BCUT2D eigenvalue weighted by molar-refractivity contribution is -0.130. The van der Waals surface area contributed by atoms with Crippen molar-refractivity contribution < 1.29 is 41.3 Å². The molecule has 0 radical (unpaired) electrons. The number of halogens is 5. The molecule has 1 unspecified atom stereocenters. The van der Waals surface area contributed by atoms with Gasteiger partial charge >= 0.3 is 12.6 Å². The number of ether oxygens (including phenoxy) is 2. The van der Waals surface area contributed by atoms with Gasteiger partial charge in [0.15, 0.2) is 0 Å². The highest BCUT2D eigenvalue weighted by molar-refractivity contribution is 5.92.